The van der Waals surface area contributed by atoms with Gasteiger partial charge >= 0.3 is 6.03 Å². The van der Waals surface area contributed by atoms with Crippen LogP contribution >= 0.6 is 15.9 Å². The minimum atomic E-state index is -0.429. The molecule has 0 aliphatic rings. The van der Waals surface area contributed by atoms with E-state index in [4.69, 9.17) is 0 Å². The van der Waals surface area contributed by atoms with Crippen LogP contribution in [-0.2, 0) is 0 Å². The number of nitrogens with one attached hydrogen (secondary N) is 4. The van der Waals surface area contributed by atoms with Gasteiger partial charge < -0.3 is 10.6 Å². The lowest BCUT2D eigenvalue weighted by molar-refractivity contribution is 0.262. The van der Waals surface area contributed by atoms with E-state index in [9.17, 15) is 4.79 Å². The summed E-state index contributed by atoms with van der Waals surface area (Å²) < 4.78 is 0.962. The lowest BCUT2D eigenvalue weighted by Gasteiger charge is -2.12. The van der Waals surface area contributed by atoms with Gasteiger partial charge in [0, 0.05) is 15.4 Å². The van der Waals surface area contributed by atoms with Gasteiger partial charge in [-0.1, -0.05) is 58.4 Å². The number of aromatic nitrogens is 4. The average Bonchev–Trinajstić information content (AvgIpc) is 3.23. The Kier molecular flexibility index (Phi) is 5.69. The van der Waals surface area contributed by atoms with Gasteiger partial charge in [0.15, 0.2) is 11.6 Å². The number of anilines is 4. The fraction of sp³-hybridized carbons (Fsp3) is 0. The predicted octanol–water partition coefficient (Wildman–Crippen LogP) is 6.17. The van der Waals surface area contributed by atoms with Crippen molar-refractivity contribution < 1.29 is 4.79 Å². The van der Waals surface area contributed by atoms with Crippen molar-refractivity contribution in [2.24, 2.45) is 0 Å². The maximum absolute atomic E-state index is 12.6. The van der Waals surface area contributed by atoms with Crippen molar-refractivity contribution in [3.05, 3.63) is 89.4 Å². The first-order valence-corrected chi connectivity index (χ1v) is 10.9. The minimum absolute atomic E-state index is 0.349. The van der Waals surface area contributed by atoms with Crippen molar-refractivity contribution in [3.8, 4) is 11.3 Å². The number of urea groups is 1. The molecule has 0 fully saturated rings. The summed E-state index contributed by atoms with van der Waals surface area (Å²) >= 11 is 3.46. The quantitative estimate of drug-likeness (QED) is 0.231. The predicted molar refractivity (Wildman–Crippen MR) is 134 cm³/mol. The van der Waals surface area contributed by atoms with Gasteiger partial charge in [0.1, 0.15) is 0 Å². The molecule has 2 amide bonds. The fourth-order valence-corrected chi connectivity index (χ4v) is 3.71. The standard InChI is InChI=1S/C24H18BrN7O/c25-16-10-11-17-21(14-16)30-32-23(17)26-19-8-4-5-9-20(19)27-24(33)28-22-13-12-18(29-31-22)15-6-2-1-3-7-15/h1-14H,(H2,26,30,32)(H2,27,28,31,33). The third-order valence-corrected chi connectivity index (χ3v) is 5.42. The van der Waals surface area contributed by atoms with E-state index >= 15 is 0 Å². The van der Waals surface area contributed by atoms with Crippen LogP contribution in [0.4, 0.5) is 27.8 Å². The Bertz CT molecular complexity index is 1420. The van der Waals surface area contributed by atoms with Crippen LogP contribution in [0.1, 0.15) is 0 Å². The molecule has 4 N–H and O–H groups in total. The van der Waals surface area contributed by atoms with Gasteiger partial charge in [-0.05, 0) is 42.5 Å². The zero-order valence-corrected chi connectivity index (χ0v) is 18.8. The highest BCUT2D eigenvalue weighted by atomic mass is 79.9. The van der Waals surface area contributed by atoms with E-state index in [1.165, 1.54) is 0 Å². The molecule has 33 heavy (non-hydrogen) atoms. The Hall–Kier alpha value is -4.24. The zero-order valence-electron chi connectivity index (χ0n) is 17.2. The first kappa shape index (κ1) is 20.7. The van der Waals surface area contributed by atoms with Crippen LogP contribution in [0.2, 0.25) is 0 Å². The number of fused-ring (bicyclic) bond motifs is 1. The van der Waals surface area contributed by atoms with Crippen LogP contribution in [0.15, 0.2) is 89.4 Å². The summed E-state index contributed by atoms with van der Waals surface area (Å²) in [7, 11) is 0. The molecule has 0 spiro atoms. The van der Waals surface area contributed by atoms with Gasteiger partial charge in [-0.15, -0.1) is 10.2 Å². The van der Waals surface area contributed by atoms with Gasteiger partial charge in [0.05, 0.1) is 22.6 Å². The first-order chi connectivity index (χ1) is 16.2. The van der Waals surface area contributed by atoms with Gasteiger partial charge in [0.2, 0.25) is 0 Å². The molecule has 0 aliphatic heterocycles. The molecule has 5 aromatic rings. The van der Waals surface area contributed by atoms with Crippen LogP contribution in [0.25, 0.3) is 22.2 Å². The molecule has 162 valence electrons. The van der Waals surface area contributed by atoms with Crippen LogP contribution in [0.5, 0.6) is 0 Å². The number of hydrogen-bond donors (Lipinski definition) is 4. The molecule has 0 unspecified atom stereocenters. The van der Waals surface area contributed by atoms with E-state index in [0.29, 0.717) is 23.0 Å². The Labute approximate surface area is 197 Å². The summed E-state index contributed by atoms with van der Waals surface area (Å²) in [5.74, 6) is 1.01. The van der Waals surface area contributed by atoms with Crippen LogP contribution in [0.3, 0.4) is 0 Å². The van der Waals surface area contributed by atoms with Crippen molar-refractivity contribution >= 4 is 55.9 Å². The molecule has 5 rings (SSSR count). The number of halogens is 1. The highest BCUT2D eigenvalue weighted by molar-refractivity contribution is 9.10. The third kappa shape index (κ3) is 4.68. The number of carbonyl (C=O) groups excluding carboxylic acids is 1. The Morgan fingerprint density at radius 2 is 1.61 bits per heavy atom. The molecule has 0 radical (unpaired) electrons. The SMILES string of the molecule is O=C(Nc1ccc(-c2ccccc2)nn1)Nc1ccccc1Nc1n[nH]c2cc(Br)ccc12. The van der Waals surface area contributed by atoms with Crippen LogP contribution in [-0.4, -0.2) is 26.4 Å². The van der Waals surface area contributed by atoms with E-state index in [0.717, 1.165) is 26.6 Å². The Balaban J connectivity index is 1.29. The molecule has 0 saturated carbocycles. The second-order valence-corrected chi connectivity index (χ2v) is 8.10. The largest absolute Gasteiger partial charge is 0.337 e. The maximum Gasteiger partial charge on any atom is 0.324 e. The number of hydrogen-bond acceptors (Lipinski definition) is 5. The van der Waals surface area contributed by atoms with Crippen molar-refractivity contribution in [2.45, 2.75) is 0 Å². The minimum Gasteiger partial charge on any atom is -0.337 e. The summed E-state index contributed by atoms with van der Waals surface area (Å²) in [4.78, 5) is 12.6. The number of nitrogens with zero attached hydrogens (tertiary/aromatic N) is 3. The number of H-pyrrole nitrogens is 1. The average molecular weight is 500 g/mol. The number of aromatic amines is 1. The molecule has 8 nitrogen and oxygen atoms in total. The molecule has 2 heterocycles. The fourth-order valence-electron chi connectivity index (χ4n) is 3.35. The zero-order chi connectivity index (χ0) is 22.6. The number of rotatable bonds is 5. The van der Waals surface area contributed by atoms with E-state index in [1.54, 1.807) is 12.1 Å². The third-order valence-electron chi connectivity index (χ3n) is 4.93. The van der Waals surface area contributed by atoms with Crippen molar-refractivity contribution in [3.63, 3.8) is 0 Å². The van der Waals surface area contributed by atoms with Gasteiger partial charge in [-0.25, -0.2) is 4.79 Å². The van der Waals surface area contributed by atoms with Gasteiger partial charge in [-0.3, -0.25) is 10.4 Å². The smallest absolute Gasteiger partial charge is 0.324 e. The summed E-state index contributed by atoms with van der Waals surface area (Å²) in [6, 6.07) is 26.1. The van der Waals surface area contributed by atoms with Crippen molar-refractivity contribution in [1.82, 2.24) is 20.4 Å². The topological polar surface area (TPSA) is 108 Å². The second-order valence-electron chi connectivity index (χ2n) is 7.18. The Morgan fingerprint density at radius 3 is 2.39 bits per heavy atom. The van der Waals surface area contributed by atoms with Gasteiger partial charge in [0.25, 0.3) is 0 Å². The molecule has 0 aliphatic carbocycles. The summed E-state index contributed by atoms with van der Waals surface area (Å²) in [6.45, 7) is 0. The number of carbonyl (C=O) groups is 1. The van der Waals surface area contributed by atoms with E-state index in [1.807, 2.05) is 72.8 Å². The summed E-state index contributed by atoms with van der Waals surface area (Å²) in [5, 5.41) is 25.4. The van der Waals surface area contributed by atoms with E-state index < -0.39 is 6.03 Å². The molecular weight excluding hydrogens is 482 g/mol. The molecule has 0 atom stereocenters. The lowest BCUT2D eigenvalue weighted by Crippen LogP contribution is -2.21. The molecule has 9 heteroatoms. The van der Waals surface area contributed by atoms with E-state index in [-0.39, 0.29) is 0 Å². The van der Waals surface area contributed by atoms with Crippen LogP contribution < -0.4 is 16.0 Å². The number of amides is 2. The molecule has 0 saturated heterocycles. The first-order valence-electron chi connectivity index (χ1n) is 10.1. The summed E-state index contributed by atoms with van der Waals surface area (Å²) in [5.41, 5.74) is 3.88. The molecule has 0 bridgehead atoms. The lowest BCUT2D eigenvalue weighted by atomic mass is 10.1. The maximum atomic E-state index is 12.6. The second kappa shape index (κ2) is 9.09. The van der Waals surface area contributed by atoms with Crippen LogP contribution in [0, 0.1) is 0 Å². The van der Waals surface area contributed by atoms with Gasteiger partial charge in [-0.2, -0.15) is 5.10 Å². The molecular formula is C24H18BrN7O. The normalized spacial score (nSPS) is 10.7. The monoisotopic (exact) mass is 499 g/mol. The molecule has 3 aromatic carbocycles. The number of para-hydroxylation sites is 2. The Morgan fingerprint density at radius 1 is 0.818 bits per heavy atom. The van der Waals surface area contributed by atoms with Crippen molar-refractivity contribution in [2.75, 3.05) is 16.0 Å². The molecule has 2 aromatic heterocycles. The van der Waals surface area contributed by atoms with E-state index in [2.05, 4.69) is 52.3 Å². The number of benzene rings is 3. The van der Waals surface area contributed by atoms with Crippen molar-refractivity contribution in [1.29, 1.82) is 0 Å². The highest BCUT2D eigenvalue weighted by Crippen LogP contribution is 2.30. The highest BCUT2D eigenvalue weighted by Gasteiger charge is 2.11. The summed E-state index contributed by atoms with van der Waals surface area (Å²) in [6.07, 6.45) is 0.